The van der Waals surface area contributed by atoms with Gasteiger partial charge >= 0.3 is 6.18 Å². The van der Waals surface area contributed by atoms with Crippen LogP contribution in [0.15, 0.2) is 48.8 Å². The number of benzene rings is 1. The van der Waals surface area contributed by atoms with E-state index in [1.54, 1.807) is 30.3 Å². The fourth-order valence-corrected chi connectivity index (χ4v) is 3.14. The van der Waals surface area contributed by atoms with Gasteiger partial charge in [0.15, 0.2) is 5.65 Å². The van der Waals surface area contributed by atoms with Crippen LogP contribution in [0.4, 0.5) is 35.1 Å². The number of hydrogen-bond acceptors (Lipinski definition) is 8. The molecule has 0 radical (unpaired) electrons. The summed E-state index contributed by atoms with van der Waals surface area (Å²) in [6.45, 7) is 0.0713. The summed E-state index contributed by atoms with van der Waals surface area (Å²) in [6, 6.07) is 10.8. The first-order valence-electron chi connectivity index (χ1n) is 9.98. The highest BCUT2D eigenvalue weighted by atomic mass is 19.4. The summed E-state index contributed by atoms with van der Waals surface area (Å²) in [5.41, 5.74) is 7.31. The van der Waals surface area contributed by atoms with E-state index in [-0.39, 0.29) is 5.82 Å². The molecule has 0 saturated heterocycles. The molecule has 0 saturated carbocycles. The lowest BCUT2D eigenvalue weighted by Crippen LogP contribution is -2.24. The molecule has 4 aromatic rings. The van der Waals surface area contributed by atoms with Crippen molar-refractivity contribution >= 4 is 29.0 Å². The van der Waals surface area contributed by atoms with Gasteiger partial charge in [0, 0.05) is 24.7 Å². The monoisotopic (exact) mass is 474 g/mol. The third-order valence-corrected chi connectivity index (χ3v) is 4.81. The van der Waals surface area contributed by atoms with Crippen LogP contribution in [-0.4, -0.2) is 49.6 Å². The Morgan fingerprint density at radius 2 is 1.76 bits per heavy atom. The number of fused-ring (bicyclic) bond motifs is 1. The number of pyridine rings is 1. The van der Waals surface area contributed by atoms with Gasteiger partial charge in [0.05, 0.1) is 11.3 Å². The van der Waals surface area contributed by atoms with E-state index in [1.165, 1.54) is 16.9 Å². The first-order valence-corrected chi connectivity index (χ1v) is 9.98. The third kappa shape index (κ3) is 4.87. The van der Waals surface area contributed by atoms with E-state index in [2.05, 4.69) is 30.7 Å². The lowest BCUT2D eigenvalue weighted by Gasteiger charge is -2.12. The normalized spacial score (nSPS) is 11.5. The van der Waals surface area contributed by atoms with Crippen LogP contribution in [0.5, 0.6) is 0 Å². The maximum atomic E-state index is 12.8. The molecule has 0 aliphatic rings. The van der Waals surface area contributed by atoms with Crippen molar-refractivity contribution in [3.05, 3.63) is 59.9 Å². The number of hydrogen-bond donors (Lipinski definition) is 3. The zero-order valence-electron chi connectivity index (χ0n) is 17.5. The Morgan fingerprint density at radius 3 is 2.44 bits per heavy atom. The fourth-order valence-electron chi connectivity index (χ4n) is 3.14. The highest BCUT2D eigenvalue weighted by Gasteiger charge is 2.40. The molecule has 9 nitrogen and oxygen atoms in total. The van der Waals surface area contributed by atoms with Crippen LogP contribution in [0.1, 0.15) is 15.9 Å². The van der Waals surface area contributed by atoms with Crippen LogP contribution in [0.2, 0.25) is 0 Å². The summed E-state index contributed by atoms with van der Waals surface area (Å²) in [5.74, 6) is -1.95. The van der Waals surface area contributed by atoms with Crippen molar-refractivity contribution in [1.29, 1.82) is 0 Å². The van der Waals surface area contributed by atoms with E-state index in [0.29, 0.717) is 35.9 Å². The van der Waals surface area contributed by atoms with Crippen molar-refractivity contribution in [2.45, 2.75) is 12.9 Å². The number of carbonyl (C=O) groups excluding carboxylic acids is 1. The predicted molar refractivity (Wildman–Crippen MR) is 117 cm³/mol. The second-order valence-corrected chi connectivity index (χ2v) is 7.14. The summed E-state index contributed by atoms with van der Waals surface area (Å²) in [6.07, 6.45) is -3.65. The van der Waals surface area contributed by atoms with Crippen molar-refractivity contribution in [3.63, 3.8) is 0 Å². The predicted octanol–water partition coefficient (Wildman–Crippen LogP) is 3.51. The van der Waals surface area contributed by atoms with Crippen LogP contribution in [0.25, 0.3) is 16.9 Å². The number of carbonyl (C=O) groups is 1. The quantitative estimate of drug-likeness (QED) is 0.201. The molecule has 3 heterocycles. The molecule has 0 atom stereocenters. The van der Waals surface area contributed by atoms with E-state index in [9.17, 15) is 22.4 Å². The van der Waals surface area contributed by atoms with Gasteiger partial charge in [0.2, 0.25) is 5.95 Å². The van der Waals surface area contributed by atoms with Gasteiger partial charge in [-0.3, -0.25) is 4.79 Å². The highest BCUT2D eigenvalue weighted by molar-refractivity contribution is 6.03. The molecule has 1 aromatic carbocycles. The number of Topliss-reactive ketones (excluding diaryl/α,β-unsaturated/α-hetero) is 1. The zero-order chi connectivity index (χ0) is 24.3. The van der Waals surface area contributed by atoms with Crippen molar-refractivity contribution in [3.8, 4) is 11.3 Å². The molecule has 4 N–H and O–H groups in total. The van der Waals surface area contributed by atoms with Crippen molar-refractivity contribution in [2.75, 3.05) is 29.5 Å². The fraction of sp³-hybridized carbons (Fsp3) is 0.190. The van der Waals surface area contributed by atoms with E-state index < -0.39 is 30.0 Å². The van der Waals surface area contributed by atoms with Crippen LogP contribution in [0.3, 0.4) is 0 Å². The zero-order valence-corrected chi connectivity index (χ0v) is 17.5. The van der Waals surface area contributed by atoms with E-state index in [4.69, 9.17) is 5.73 Å². The van der Waals surface area contributed by atoms with E-state index >= 15 is 0 Å². The topological polar surface area (TPSA) is 123 Å². The molecule has 4 rings (SSSR count). The number of ketones is 1. The number of nitrogens with zero attached hydrogens (tertiary/aromatic N) is 5. The summed E-state index contributed by atoms with van der Waals surface area (Å²) in [7, 11) is 0. The summed E-state index contributed by atoms with van der Waals surface area (Å²) >= 11 is 0. The number of nitrogens with two attached hydrogens (primary N) is 1. The number of nitrogen functional groups attached to an aromatic ring is 1. The van der Waals surface area contributed by atoms with Crippen molar-refractivity contribution in [2.24, 2.45) is 0 Å². The molecule has 13 heteroatoms. The Hall–Kier alpha value is -4.29. The van der Waals surface area contributed by atoms with Gasteiger partial charge in [-0.2, -0.15) is 22.8 Å². The molecular weight excluding hydrogens is 456 g/mol. The van der Waals surface area contributed by atoms with Crippen molar-refractivity contribution < 1.29 is 22.4 Å². The van der Waals surface area contributed by atoms with Crippen LogP contribution in [0, 0.1) is 0 Å². The highest BCUT2D eigenvalue weighted by Crippen LogP contribution is 2.25. The van der Waals surface area contributed by atoms with E-state index in [0.717, 1.165) is 11.6 Å². The molecule has 176 valence electrons. The minimum Gasteiger partial charge on any atom is -0.383 e. The smallest absolute Gasteiger partial charge is 0.383 e. The standard InChI is InChI=1S/C21H18F4N8O/c22-10-12-1-3-13(4-2-12)15-9-17-29-11-30-33(17)20(31-15)28-8-7-27-16-6-5-14(19(26)32-16)18(34)21(23,24)25/h1-6,9,11H,7-8,10H2,(H,28,31)(H3,26,27,32). The van der Waals surface area contributed by atoms with Gasteiger partial charge in [-0.25, -0.2) is 19.3 Å². The Labute approximate surface area is 190 Å². The number of anilines is 3. The molecule has 0 bridgehead atoms. The van der Waals surface area contributed by atoms with Gasteiger partial charge in [-0.1, -0.05) is 24.3 Å². The average Bonchev–Trinajstić information content (AvgIpc) is 3.30. The summed E-state index contributed by atoms with van der Waals surface area (Å²) < 4.78 is 52.1. The number of alkyl halides is 4. The minimum absolute atomic E-state index is 0.207. The van der Waals surface area contributed by atoms with Crippen LogP contribution < -0.4 is 16.4 Å². The lowest BCUT2D eigenvalue weighted by molar-refractivity contribution is -0.0884. The Bertz CT molecular complexity index is 1320. The molecule has 3 aromatic heterocycles. The minimum atomic E-state index is -5.03. The summed E-state index contributed by atoms with van der Waals surface area (Å²) in [5, 5.41) is 10.1. The largest absolute Gasteiger partial charge is 0.455 e. The van der Waals surface area contributed by atoms with Crippen LogP contribution in [-0.2, 0) is 6.67 Å². The van der Waals surface area contributed by atoms with Gasteiger partial charge in [-0.05, 0) is 17.7 Å². The molecular formula is C21H18F4N8O. The number of nitrogens with one attached hydrogen (secondary N) is 2. The lowest BCUT2D eigenvalue weighted by atomic mass is 10.1. The maximum absolute atomic E-state index is 12.8. The Kier molecular flexibility index (Phi) is 6.25. The molecule has 34 heavy (non-hydrogen) atoms. The van der Waals surface area contributed by atoms with Crippen LogP contribution >= 0.6 is 0 Å². The van der Waals surface area contributed by atoms with Gasteiger partial charge < -0.3 is 16.4 Å². The Morgan fingerprint density at radius 1 is 1.03 bits per heavy atom. The molecule has 0 aliphatic carbocycles. The Balaban J connectivity index is 1.43. The number of aromatic nitrogens is 5. The second-order valence-electron chi connectivity index (χ2n) is 7.14. The SMILES string of the molecule is Nc1nc(NCCNc2nc(-c3ccc(CF)cc3)cc3ncnn23)ccc1C(=O)C(F)(F)F. The summed E-state index contributed by atoms with van der Waals surface area (Å²) in [4.78, 5) is 23.9. The van der Waals surface area contributed by atoms with Gasteiger partial charge in [0.1, 0.15) is 24.6 Å². The second kappa shape index (κ2) is 9.29. The first kappa shape index (κ1) is 22.9. The molecule has 0 aliphatic heterocycles. The number of halogens is 4. The van der Waals surface area contributed by atoms with Gasteiger partial charge in [0.25, 0.3) is 5.78 Å². The maximum Gasteiger partial charge on any atom is 0.455 e. The third-order valence-electron chi connectivity index (χ3n) is 4.81. The van der Waals surface area contributed by atoms with Crippen molar-refractivity contribution in [1.82, 2.24) is 24.6 Å². The van der Waals surface area contributed by atoms with Gasteiger partial charge in [-0.15, -0.1) is 0 Å². The molecule has 0 amide bonds. The van der Waals surface area contributed by atoms with E-state index in [1.807, 2.05) is 0 Å². The number of rotatable bonds is 8. The molecule has 0 fully saturated rings. The average molecular weight is 474 g/mol. The molecule has 0 spiro atoms. The molecule has 0 unspecified atom stereocenters. The first-order chi connectivity index (χ1) is 16.3.